The van der Waals surface area contributed by atoms with Crippen LogP contribution in [0.1, 0.15) is 12.5 Å². The molecule has 0 atom stereocenters. The number of carbonyl (C=O) groups is 1. The van der Waals surface area contributed by atoms with Gasteiger partial charge >= 0.3 is 0 Å². The van der Waals surface area contributed by atoms with Crippen LogP contribution in [0.3, 0.4) is 0 Å². The Labute approximate surface area is 105 Å². The fourth-order valence-corrected chi connectivity index (χ4v) is 2.14. The van der Waals surface area contributed by atoms with E-state index in [0.29, 0.717) is 17.9 Å². The lowest BCUT2D eigenvalue weighted by Crippen LogP contribution is -2.24. The molecule has 17 heavy (non-hydrogen) atoms. The summed E-state index contributed by atoms with van der Waals surface area (Å²) in [5, 5.41) is 2.77. The van der Waals surface area contributed by atoms with E-state index in [1.54, 1.807) is 0 Å². The average Bonchev–Trinajstić information content (AvgIpc) is 2.54. The number of amides is 1. The molecule has 4 nitrogen and oxygen atoms in total. The molecule has 0 bridgehead atoms. The number of aryl methyl sites for hydroxylation is 1. The fourth-order valence-electron chi connectivity index (χ4n) is 1.84. The van der Waals surface area contributed by atoms with Gasteiger partial charge in [0, 0.05) is 20.0 Å². The van der Waals surface area contributed by atoms with Crippen LogP contribution in [-0.2, 0) is 11.3 Å². The molecule has 90 valence electrons. The van der Waals surface area contributed by atoms with Crippen LogP contribution in [0.2, 0.25) is 0 Å². The summed E-state index contributed by atoms with van der Waals surface area (Å²) < 4.78 is 2.69. The Bertz CT molecular complexity index is 612. The van der Waals surface area contributed by atoms with Crippen molar-refractivity contribution in [3.8, 4) is 0 Å². The van der Waals surface area contributed by atoms with Crippen molar-refractivity contribution in [2.75, 3.05) is 6.54 Å². The second kappa shape index (κ2) is 4.71. The van der Waals surface area contributed by atoms with Crippen LogP contribution in [0.4, 0.5) is 0 Å². The Morgan fingerprint density at radius 1 is 1.53 bits per heavy atom. The normalized spacial score (nSPS) is 10.7. The molecule has 0 fully saturated rings. The topological polar surface area (TPSA) is 49.8 Å². The maximum atomic E-state index is 10.8. The lowest BCUT2D eigenvalue weighted by molar-refractivity contribution is -0.118. The fraction of sp³-hybridized carbons (Fsp3) is 0.333. The summed E-state index contributed by atoms with van der Waals surface area (Å²) in [6.45, 7) is 4.83. The lowest BCUT2D eigenvalue weighted by atomic mass is 10.2. The van der Waals surface area contributed by atoms with Gasteiger partial charge in [-0.3, -0.25) is 4.79 Å². The van der Waals surface area contributed by atoms with Crippen molar-refractivity contribution < 1.29 is 4.79 Å². The summed E-state index contributed by atoms with van der Waals surface area (Å²) in [7, 11) is 0. The third-order valence-electron chi connectivity index (χ3n) is 2.64. The quantitative estimate of drug-likeness (QED) is 0.819. The number of rotatable bonds is 3. The SMILES string of the molecule is CC(=O)NCCn1c(=S)[nH]c2cc(C)ccc21. The van der Waals surface area contributed by atoms with E-state index in [2.05, 4.69) is 22.4 Å². The van der Waals surface area contributed by atoms with E-state index in [-0.39, 0.29) is 5.91 Å². The van der Waals surface area contributed by atoms with Crippen LogP contribution in [0.15, 0.2) is 18.2 Å². The van der Waals surface area contributed by atoms with E-state index < -0.39 is 0 Å². The summed E-state index contributed by atoms with van der Waals surface area (Å²) in [6.07, 6.45) is 0. The second-order valence-electron chi connectivity index (χ2n) is 4.09. The molecule has 1 aromatic heterocycles. The minimum absolute atomic E-state index is 0.0211. The third kappa shape index (κ3) is 2.55. The molecule has 1 amide bonds. The molecule has 0 saturated heterocycles. The van der Waals surface area contributed by atoms with Gasteiger partial charge in [-0.15, -0.1) is 0 Å². The predicted molar refractivity (Wildman–Crippen MR) is 70.5 cm³/mol. The highest BCUT2D eigenvalue weighted by molar-refractivity contribution is 7.71. The van der Waals surface area contributed by atoms with E-state index in [1.165, 1.54) is 12.5 Å². The number of benzene rings is 1. The van der Waals surface area contributed by atoms with Crippen molar-refractivity contribution in [3.63, 3.8) is 0 Å². The Hall–Kier alpha value is -1.62. The standard InChI is InChI=1S/C12H15N3OS/c1-8-3-4-11-10(7-8)14-12(17)15(11)6-5-13-9(2)16/h3-4,7H,5-6H2,1-2H3,(H,13,16)(H,14,17). The molecule has 0 spiro atoms. The third-order valence-corrected chi connectivity index (χ3v) is 2.96. The summed E-state index contributed by atoms with van der Waals surface area (Å²) >= 11 is 5.27. The Morgan fingerprint density at radius 2 is 2.29 bits per heavy atom. The molecule has 0 unspecified atom stereocenters. The van der Waals surface area contributed by atoms with Crippen LogP contribution in [-0.4, -0.2) is 22.0 Å². The molecule has 1 heterocycles. The molecule has 2 N–H and O–H groups in total. The van der Waals surface area contributed by atoms with E-state index in [4.69, 9.17) is 12.2 Å². The number of nitrogens with zero attached hydrogens (tertiary/aromatic N) is 1. The summed E-state index contributed by atoms with van der Waals surface area (Å²) in [5.74, 6) is -0.0211. The van der Waals surface area contributed by atoms with Crippen molar-refractivity contribution in [2.24, 2.45) is 0 Å². The van der Waals surface area contributed by atoms with E-state index in [1.807, 2.05) is 17.6 Å². The monoisotopic (exact) mass is 249 g/mol. The van der Waals surface area contributed by atoms with Gasteiger partial charge in [-0.05, 0) is 36.8 Å². The minimum atomic E-state index is -0.0211. The molecular weight excluding hydrogens is 234 g/mol. The van der Waals surface area contributed by atoms with Crippen LogP contribution >= 0.6 is 12.2 Å². The van der Waals surface area contributed by atoms with E-state index >= 15 is 0 Å². The van der Waals surface area contributed by atoms with Crippen molar-refractivity contribution in [3.05, 3.63) is 28.5 Å². The molecule has 0 aliphatic rings. The summed E-state index contributed by atoms with van der Waals surface area (Å²) in [6, 6.07) is 6.17. The van der Waals surface area contributed by atoms with Crippen LogP contribution in [0.5, 0.6) is 0 Å². The highest BCUT2D eigenvalue weighted by Crippen LogP contribution is 2.15. The zero-order chi connectivity index (χ0) is 12.4. The Morgan fingerprint density at radius 3 is 3.00 bits per heavy atom. The zero-order valence-electron chi connectivity index (χ0n) is 9.91. The van der Waals surface area contributed by atoms with Gasteiger partial charge in [-0.2, -0.15) is 0 Å². The van der Waals surface area contributed by atoms with Crippen molar-refractivity contribution in [1.29, 1.82) is 0 Å². The largest absolute Gasteiger partial charge is 0.355 e. The van der Waals surface area contributed by atoms with Gasteiger partial charge in [0.2, 0.25) is 5.91 Å². The number of carbonyl (C=O) groups excluding carboxylic acids is 1. The predicted octanol–water partition coefficient (Wildman–Crippen LogP) is 2.14. The number of imidazole rings is 1. The van der Waals surface area contributed by atoms with E-state index in [0.717, 1.165) is 11.0 Å². The molecular formula is C12H15N3OS. The zero-order valence-corrected chi connectivity index (χ0v) is 10.7. The lowest BCUT2D eigenvalue weighted by Gasteiger charge is -2.05. The molecule has 0 saturated carbocycles. The minimum Gasteiger partial charge on any atom is -0.355 e. The first-order valence-electron chi connectivity index (χ1n) is 5.51. The summed E-state index contributed by atoms with van der Waals surface area (Å²) in [4.78, 5) is 14.0. The summed E-state index contributed by atoms with van der Waals surface area (Å²) in [5.41, 5.74) is 3.31. The first-order chi connectivity index (χ1) is 8.08. The van der Waals surface area contributed by atoms with Crippen LogP contribution in [0.25, 0.3) is 11.0 Å². The van der Waals surface area contributed by atoms with E-state index in [9.17, 15) is 4.79 Å². The van der Waals surface area contributed by atoms with Crippen LogP contribution in [0, 0.1) is 11.7 Å². The highest BCUT2D eigenvalue weighted by atomic mass is 32.1. The van der Waals surface area contributed by atoms with Gasteiger partial charge in [0.15, 0.2) is 4.77 Å². The number of H-pyrrole nitrogens is 1. The maximum Gasteiger partial charge on any atom is 0.216 e. The Kier molecular flexibility index (Phi) is 3.28. The first-order valence-corrected chi connectivity index (χ1v) is 5.92. The number of hydrogen-bond donors (Lipinski definition) is 2. The average molecular weight is 249 g/mol. The van der Waals surface area contributed by atoms with Crippen LogP contribution < -0.4 is 5.32 Å². The smallest absolute Gasteiger partial charge is 0.216 e. The molecule has 1 aromatic carbocycles. The molecule has 2 aromatic rings. The van der Waals surface area contributed by atoms with Crippen molar-refractivity contribution >= 4 is 29.2 Å². The van der Waals surface area contributed by atoms with Crippen molar-refractivity contribution in [2.45, 2.75) is 20.4 Å². The molecule has 0 aliphatic heterocycles. The number of nitrogens with one attached hydrogen (secondary N) is 2. The van der Waals surface area contributed by atoms with Gasteiger partial charge in [0.1, 0.15) is 0 Å². The molecule has 0 radical (unpaired) electrons. The van der Waals surface area contributed by atoms with Gasteiger partial charge in [0.25, 0.3) is 0 Å². The Balaban J connectivity index is 2.30. The van der Waals surface area contributed by atoms with Gasteiger partial charge in [-0.25, -0.2) is 0 Å². The number of aromatic amines is 1. The maximum absolute atomic E-state index is 10.8. The van der Waals surface area contributed by atoms with Crippen molar-refractivity contribution in [1.82, 2.24) is 14.9 Å². The van der Waals surface area contributed by atoms with Gasteiger partial charge < -0.3 is 14.9 Å². The van der Waals surface area contributed by atoms with Gasteiger partial charge in [-0.1, -0.05) is 6.07 Å². The molecule has 0 aliphatic carbocycles. The number of aromatic nitrogens is 2. The molecule has 2 rings (SSSR count). The van der Waals surface area contributed by atoms with Gasteiger partial charge in [0.05, 0.1) is 11.0 Å². The number of hydrogen-bond acceptors (Lipinski definition) is 2. The number of fused-ring (bicyclic) bond motifs is 1. The second-order valence-corrected chi connectivity index (χ2v) is 4.47. The highest BCUT2D eigenvalue weighted by Gasteiger charge is 2.04. The first kappa shape index (κ1) is 11.9. The molecule has 5 heteroatoms.